The van der Waals surface area contributed by atoms with Gasteiger partial charge < -0.3 is 0 Å². The van der Waals surface area contributed by atoms with Gasteiger partial charge in [-0.1, -0.05) is 12.1 Å². The summed E-state index contributed by atoms with van der Waals surface area (Å²) in [4.78, 5) is 0. The number of nitrogens with one attached hydrogen (secondary N) is 1. The maximum Gasteiger partial charge on any atom is 0.0685 e. The molecule has 0 spiro atoms. The van der Waals surface area contributed by atoms with E-state index in [1.54, 1.807) is 0 Å². The van der Waals surface area contributed by atoms with Gasteiger partial charge >= 0.3 is 0 Å². The fraction of sp³-hybridized carbons (Fsp3) is 0.125. The summed E-state index contributed by atoms with van der Waals surface area (Å²) in [7, 11) is 0. The molecule has 0 atom stereocenters. The molecule has 2 aromatic rings. The van der Waals surface area contributed by atoms with Gasteiger partial charge in [-0.25, -0.2) is 0 Å². The van der Waals surface area contributed by atoms with Crippen molar-refractivity contribution < 1.29 is 0 Å². The van der Waals surface area contributed by atoms with Crippen molar-refractivity contribution >= 4 is 10.9 Å². The fourth-order valence-corrected chi connectivity index (χ4v) is 1.05. The highest BCUT2D eigenvalue weighted by Crippen LogP contribution is 2.12. The molecule has 1 heterocycles. The van der Waals surface area contributed by atoms with Gasteiger partial charge in [0.15, 0.2) is 0 Å². The number of H-pyrrole nitrogens is 1. The number of nitrogens with zero attached hydrogens (tertiary/aromatic N) is 1. The van der Waals surface area contributed by atoms with Crippen LogP contribution in [0.25, 0.3) is 10.9 Å². The second-order valence-corrected chi connectivity index (χ2v) is 2.30. The molecule has 1 radical (unpaired) electrons. The zero-order chi connectivity index (χ0) is 6.97. The molecule has 0 aliphatic rings. The molecule has 2 rings (SSSR count). The lowest BCUT2D eigenvalue weighted by Gasteiger charge is -1.90. The van der Waals surface area contributed by atoms with Crippen LogP contribution in [-0.2, 0) is 0 Å². The quantitative estimate of drug-likeness (QED) is 0.578. The molecule has 0 aliphatic heterocycles. The lowest BCUT2D eigenvalue weighted by molar-refractivity contribution is 1.11. The molecule has 0 amide bonds. The summed E-state index contributed by atoms with van der Waals surface area (Å²) in [5.74, 6) is 0. The first-order valence-corrected chi connectivity index (χ1v) is 3.18. The number of hydrogen-bond acceptors (Lipinski definition) is 1. The van der Waals surface area contributed by atoms with E-state index in [4.69, 9.17) is 0 Å². The lowest BCUT2D eigenvalue weighted by atomic mass is 10.2. The number of aryl methyl sites for hydroxylation is 1. The summed E-state index contributed by atoms with van der Waals surface area (Å²) in [5.41, 5.74) is 2.21. The van der Waals surface area contributed by atoms with E-state index in [1.807, 2.05) is 25.3 Å². The van der Waals surface area contributed by atoms with Crippen molar-refractivity contribution in [1.29, 1.82) is 0 Å². The van der Waals surface area contributed by atoms with E-state index in [-0.39, 0.29) is 0 Å². The highest BCUT2D eigenvalue weighted by Gasteiger charge is 1.95. The van der Waals surface area contributed by atoms with Crippen molar-refractivity contribution in [1.82, 2.24) is 10.2 Å². The molecule has 1 N–H and O–H groups in total. The minimum atomic E-state index is 1.09. The molecule has 2 heteroatoms. The van der Waals surface area contributed by atoms with Crippen LogP contribution in [0.3, 0.4) is 0 Å². The lowest BCUT2D eigenvalue weighted by Crippen LogP contribution is -1.74. The van der Waals surface area contributed by atoms with Gasteiger partial charge in [0.1, 0.15) is 0 Å². The van der Waals surface area contributed by atoms with Crippen LogP contribution in [0.15, 0.2) is 18.3 Å². The Morgan fingerprint density at radius 1 is 1.60 bits per heavy atom. The van der Waals surface area contributed by atoms with Crippen LogP contribution in [-0.4, -0.2) is 10.2 Å². The Hall–Kier alpha value is -1.31. The van der Waals surface area contributed by atoms with Crippen molar-refractivity contribution in [3.8, 4) is 0 Å². The van der Waals surface area contributed by atoms with Crippen molar-refractivity contribution in [2.45, 2.75) is 6.92 Å². The van der Waals surface area contributed by atoms with Crippen LogP contribution >= 0.6 is 0 Å². The van der Waals surface area contributed by atoms with Gasteiger partial charge in [-0.05, 0) is 18.6 Å². The molecule has 10 heavy (non-hydrogen) atoms. The standard InChI is InChI=1S/C8H7N2/c1-6-3-2-4-7-5-9-10-8(6)7/h2,4-5H,1H3,(H,9,10). The maximum atomic E-state index is 3.92. The zero-order valence-corrected chi connectivity index (χ0v) is 5.68. The molecule has 0 saturated carbocycles. The van der Waals surface area contributed by atoms with Crippen molar-refractivity contribution in [3.05, 3.63) is 30.0 Å². The minimum Gasteiger partial charge on any atom is -0.278 e. The predicted octanol–water partition coefficient (Wildman–Crippen LogP) is 1.67. The second-order valence-electron chi connectivity index (χ2n) is 2.30. The Balaban J connectivity index is 2.95. The molecular formula is C8H7N2. The minimum absolute atomic E-state index is 1.09. The van der Waals surface area contributed by atoms with E-state index < -0.39 is 0 Å². The topological polar surface area (TPSA) is 28.7 Å². The third kappa shape index (κ3) is 0.620. The zero-order valence-electron chi connectivity index (χ0n) is 5.68. The number of aromatic nitrogens is 2. The molecule has 0 unspecified atom stereocenters. The average Bonchev–Trinajstić information content (AvgIpc) is 2.36. The summed E-state index contributed by atoms with van der Waals surface area (Å²) in [5, 5.41) is 7.97. The van der Waals surface area contributed by atoms with Gasteiger partial charge in [0.2, 0.25) is 0 Å². The van der Waals surface area contributed by atoms with Gasteiger partial charge in [0.25, 0.3) is 0 Å². The predicted molar refractivity (Wildman–Crippen MR) is 39.7 cm³/mol. The summed E-state index contributed by atoms with van der Waals surface area (Å²) in [6.07, 6.45) is 1.82. The van der Waals surface area contributed by atoms with E-state index in [0.29, 0.717) is 0 Å². The third-order valence-corrected chi connectivity index (χ3v) is 1.61. The van der Waals surface area contributed by atoms with Crippen LogP contribution in [0.4, 0.5) is 0 Å². The van der Waals surface area contributed by atoms with Gasteiger partial charge in [-0.2, -0.15) is 5.10 Å². The van der Waals surface area contributed by atoms with E-state index in [0.717, 1.165) is 16.5 Å². The first-order chi connectivity index (χ1) is 4.88. The van der Waals surface area contributed by atoms with Crippen LogP contribution < -0.4 is 0 Å². The second kappa shape index (κ2) is 1.84. The molecule has 0 saturated heterocycles. The first-order valence-electron chi connectivity index (χ1n) is 3.18. The number of benzene rings is 1. The fourth-order valence-electron chi connectivity index (χ4n) is 1.05. The van der Waals surface area contributed by atoms with Crippen LogP contribution in [0.1, 0.15) is 5.56 Å². The average molecular weight is 131 g/mol. The highest BCUT2D eigenvalue weighted by molar-refractivity contribution is 5.80. The maximum absolute atomic E-state index is 3.92. The Morgan fingerprint density at radius 2 is 2.50 bits per heavy atom. The van der Waals surface area contributed by atoms with E-state index >= 15 is 0 Å². The number of aromatic amines is 1. The van der Waals surface area contributed by atoms with Crippen molar-refractivity contribution in [3.63, 3.8) is 0 Å². The first kappa shape index (κ1) is 5.47. The van der Waals surface area contributed by atoms with Gasteiger partial charge in [-0.15, -0.1) is 0 Å². The molecule has 0 aliphatic carbocycles. The van der Waals surface area contributed by atoms with Crippen LogP contribution in [0.5, 0.6) is 0 Å². The number of hydrogen-bond donors (Lipinski definition) is 1. The van der Waals surface area contributed by atoms with Crippen LogP contribution in [0, 0.1) is 13.0 Å². The summed E-state index contributed by atoms with van der Waals surface area (Å²) in [6.45, 7) is 2.01. The SMILES string of the molecule is Cc1[c]ccc2cn[nH]c12. The van der Waals surface area contributed by atoms with Gasteiger partial charge in [-0.3, -0.25) is 5.10 Å². The molecule has 1 aromatic carbocycles. The van der Waals surface area contributed by atoms with Crippen molar-refractivity contribution in [2.24, 2.45) is 0 Å². The Labute approximate surface area is 58.9 Å². The van der Waals surface area contributed by atoms with E-state index in [2.05, 4.69) is 16.3 Å². The normalized spacial score (nSPS) is 10.5. The van der Waals surface area contributed by atoms with E-state index in [1.165, 1.54) is 0 Å². The highest BCUT2D eigenvalue weighted by atomic mass is 15.1. The molecule has 0 fully saturated rings. The van der Waals surface area contributed by atoms with Crippen molar-refractivity contribution in [2.75, 3.05) is 0 Å². The van der Waals surface area contributed by atoms with E-state index in [9.17, 15) is 0 Å². The Morgan fingerprint density at radius 3 is 3.30 bits per heavy atom. The molecule has 0 bridgehead atoms. The monoisotopic (exact) mass is 131 g/mol. The summed E-state index contributed by atoms with van der Waals surface area (Å²) in [6, 6.07) is 6.99. The summed E-state index contributed by atoms with van der Waals surface area (Å²) >= 11 is 0. The van der Waals surface area contributed by atoms with Gasteiger partial charge in [0.05, 0.1) is 11.7 Å². The smallest absolute Gasteiger partial charge is 0.0685 e. The summed E-state index contributed by atoms with van der Waals surface area (Å²) < 4.78 is 0. The number of fused-ring (bicyclic) bond motifs is 1. The Bertz CT molecular complexity index is 349. The molecule has 2 nitrogen and oxygen atoms in total. The number of rotatable bonds is 0. The Kier molecular flexibility index (Phi) is 1.01. The van der Waals surface area contributed by atoms with Crippen LogP contribution in [0.2, 0.25) is 0 Å². The van der Waals surface area contributed by atoms with Gasteiger partial charge in [0, 0.05) is 5.39 Å². The largest absolute Gasteiger partial charge is 0.278 e. The molecule has 1 aromatic heterocycles. The third-order valence-electron chi connectivity index (χ3n) is 1.61. The molecular weight excluding hydrogens is 124 g/mol. The molecule has 49 valence electrons.